The predicted octanol–water partition coefficient (Wildman–Crippen LogP) is 3.64. The Labute approximate surface area is 123 Å². The summed E-state index contributed by atoms with van der Waals surface area (Å²) in [5, 5.41) is 4.65. The molecule has 1 aromatic heterocycles. The normalized spacial score (nSPS) is 18.6. The molecule has 20 heavy (non-hydrogen) atoms. The van der Waals surface area contributed by atoms with Crippen LogP contribution in [0.4, 0.5) is 0 Å². The van der Waals surface area contributed by atoms with E-state index < -0.39 is 0 Å². The van der Waals surface area contributed by atoms with E-state index in [2.05, 4.69) is 38.1 Å². The first-order valence-corrected chi connectivity index (χ1v) is 7.86. The van der Waals surface area contributed by atoms with Crippen LogP contribution in [0.2, 0.25) is 0 Å². The molecule has 0 amide bonds. The third-order valence-electron chi connectivity index (χ3n) is 4.27. The summed E-state index contributed by atoms with van der Waals surface area (Å²) in [6.45, 7) is 7.32. The fourth-order valence-electron chi connectivity index (χ4n) is 3.21. The predicted molar refractivity (Wildman–Crippen MR) is 85.5 cm³/mol. The summed E-state index contributed by atoms with van der Waals surface area (Å²) in [7, 11) is 2.00. The van der Waals surface area contributed by atoms with Crippen LogP contribution in [0.5, 0.6) is 0 Å². The van der Waals surface area contributed by atoms with Crippen molar-refractivity contribution in [2.45, 2.75) is 58.3 Å². The van der Waals surface area contributed by atoms with Gasteiger partial charge in [0, 0.05) is 30.8 Å². The topological polar surface area (TPSA) is 43.8 Å². The third-order valence-corrected chi connectivity index (χ3v) is 4.27. The summed E-state index contributed by atoms with van der Waals surface area (Å²) < 4.78 is 1.92. The largest absolute Gasteiger partial charge is 0.327 e. The Morgan fingerprint density at radius 2 is 2.00 bits per heavy atom. The summed E-state index contributed by atoms with van der Waals surface area (Å²) in [5.41, 5.74) is 9.91. The maximum atomic E-state index is 6.02. The lowest BCUT2D eigenvalue weighted by Crippen LogP contribution is -2.17. The number of hydrogen-bond donors (Lipinski definition) is 1. The van der Waals surface area contributed by atoms with Gasteiger partial charge in [-0.3, -0.25) is 4.68 Å². The van der Waals surface area contributed by atoms with Crippen LogP contribution >= 0.6 is 0 Å². The standard InChI is InChI=1S/C17H29N3/c1-17(2,3)16-15(12-20(4)19-16)10-14(11-18)13-8-6-5-7-9-13/h10,12-13H,5-9,11,18H2,1-4H3/b14-10-. The van der Waals surface area contributed by atoms with E-state index in [9.17, 15) is 0 Å². The molecule has 1 aromatic rings. The van der Waals surface area contributed by atoms with Crippen LogP contribution < -0.4 is 5.73 Å². The fraction of sp³-hybridized carbons (Fsp3) is 0.706. The first-order chi connectivity index (χ1) is 9.41. The highest BCUT2D eigenvalue weighted by Gasteiger charge is 2.22. The molecule has 1 heterocycles. The van der Waals surface area contributed by atoms with E-state index in [1.54, 1.807) is 0 Å². The quantitative estimate of drug-likeness (QED) is 0.915. The zero-order valence-corrected chi connectivity index (χ0v) is 13.4. The Balaban J connectivity index is 2.32. The molecule has 0 unspecified atom stereocenters. The second-order valence-corrected chi connectivity index (χ2v) is 7.12. The zero-order valence-electron chi connectivity index (χ0n) is 13.4. The smallest absolute Gasteiger partial charge is 0.0750 e. The number of aryl methyl sites for hydroxylation is 1. The van der Waals surface area contributed by atoms with Crippen molar-refractivity contribution < 1.29 is 0 Å². The summed E-state index contributed by atoms with van der Waals surface area (Å²) >= 11 is 0. The van der Waals surface area contributed by atoms with Gasteiger partial charge < -0.3 is 5.73 Å². The Hall–Kier alpha value is -1.09. The lowest BCUT2D eigenvalue weighted by Gasteiger charge is -2.24. The van der Waals surface area contributed by atoms with Crippen LogP contribution in [0.3, 0.4) is 0 Å². The van der Waals surface area contributed by atoms with Crippen molar-refractivity contribution in [1.82, 2.24) is 9.78 Å². The van der Waals surface area contributed by atoms with Crippen LogP contribution in [0.25, 0.3) is 6.08 Å². The van der Waals surface area contributed by atoms with Crippen molar-refractivity contribution in [3.05, 3.63) is 23.0 Å². The lowest BCUT2D eigenvalue weighted by molar-refractivity contribution is 0.401. The molecule has 0 spiro atoms. The number of nitrogens with two attached hydrogens (primary N) is 1. The van der Waals surface area contributed by atoms with Crippen molar-refractivity contribution in [1.29, 1.82) is 0 Å². The molecule has 0 radical (unpaired) electrons. The second-order valence-electron chi connectivity index (χ2n) is 7.12. The zero-order chi connectivity index (χ0) is 14.8. The second kappa shape index (κ2) is 6.13. The van der Waals surface area contributed by atoms with Gasteiger partial charge in [0.2, 0.25) is 0 Å². The highest BCUT2D eigenvalue weighted by Crippen LogP contribution is 2.32. The molecular formula is C17H29N3. The van der Waals surface area contributed by atoms with Crippen LogP contribution in [0, 0.1) is 5.92 Å². The Bertz CT molecular complexity index is 471. The molecule has 0 aromatic carbocycles. The molecule has 3 nitrogen and oxygen atoms in total. The molecule has 2 N–H and O–H groups in total. The summed E-state index contributed by atoms with van der Waals surface area (Å²) in [5.74, 6) is 0.682. The molecule has 1 aliphatic rings. The number of nitrogens with zero attached hydrogens (tertiary/aromatic N) is 2. The van der Waals surface area contributed by atoms with E-state index in [0.29, 0.717) is 12.5 Å². The van der Waals surface area contributed by atoms with E-state index in [4.69, 9.17) is 5.73 Å². The SMILES string of the molecule is Cn1cc(/C=C(/CN)C2CCCCC2)c(C(C)(C)C)n1. The molecule has 3 heteroatoms. The van der Waals surface area contributed by atoms with Crippen LogP contribution in [0.15, 0.2) is 11.8 Å². The minimum atomic E-state index is 0.0688. The van der Waals surface area contributed by atoms with Crippen LogP contribution in [-0.4, -0.2) is 16.3 Å². The van der Waals surface area contributed by atoms with Crippen molar-refractivity contribution in [2.75, 3.05) is 6.54 Å². The summed E-state index contributed by atoms with van der Waals surface area (Å²) in [6, 6.07) is 0. The van der Waals surface area contributed by atoms with Crippen LogP contribution in [-0.2, 0) is 12.5 Å². The van der Waals surface area contributed by atoms with Crippen molar-refractivity contribution in [3.63, 3.8) is 0 Å². The van der Waals surface area contributed by atoms with Gasteiger partial charge >= 0.3 is 0 Å². The molecule has 0 bridgehead atoms. The maximum absolute atomic E-state index is 6.02. The van der Waals surface area contributed by atoms with Crippen molar-refractivity contribution >= 4 is 6.08 Å². The van der Waals surface area contributed by atoms with Crippen LogP contribution in [0.1, 0.15) is 64.1 Å². The van der Waals surface area contributed by atoms with Crippen molar-refractivity contribution in [2.24, 2.45) is 18.7 Å². The molecule has 0 atom stereocenters. The van der Waals surface area contributed by atoms with Gasteiger partial charge in [0.15, 0.2) is 0 Å². The molecule has 2 rings (SSSR count). The van der Waals surface area contributed by atoms with E-state index in [0.717, 1.165) is 0 Å². The lowest BCUT2D eigenvalue weighted by atomic mass is 9.82. The molecule has 0 saturated heterocycles. The molecule has 1 fully saturated rings. The van der Waals surface area contributed by atoms with E-state index in [1.807, 2.05) is 11.7 Å². The molecule has 1 aliphatic carbocycles. The third kappa shape index (κ3) is 3.51. The summed E-state index contributed by atoms with van der Waals surface area (Å²) in [4.78, 5) is 0. The minimum Gasteiger partial charge on any atom is -0.327 e. The minimum absolute atomic E-state index is 0.0688. The molecule has 0 aliphatic heterocycles. The maximum Gasteiger partial charge on any atom is 0.0750 e. The Kier molecular flexibility index (Phi) is 4.69. The highest BCUT2D eigenvalue weighted by molar-refractivity contribution is 5.56. The fourth-order valence-corrected chi connectivity index (χ4v) is 3.21. The number of rotatable bonds is 3. The molecule has 112 valence electrons. The number of hydrogen-bond acceptors (Lipinski definition) is 2. The van der Waals surface area contributed by atoms with Gasteiger partial charge in [-0.05, 0) is 18.8 Å². The van der Waals surface area contributed by atoms with Crippen molar-refractivity contribution in [3.8, 4) is 0 Å². The highest BCUT2D eigenvalue weighted by atomic mass is 15.3. The number of aromatic nitrogens is 2. The average molecular weight is 275 g/mol. The summed E-state index contributed by atoms with van der Waals surface area (Å²) in [6.07, 6.45) is 11.1. The first-order valence-electron chi connectivity index (χ1n) is 7.86. The van der Waals surface area contributed by atoms with Gasteiger partial charge in [-0.1, -0.05) is 51.7 Å². The first kappa shape index (κ1) is 15.3. The van der Waals surface area contributed by atoms with E-state index in [-0.39, 0.29) is 5.41 Å². The van der Waals surface area contributed by atoms with Gasteiger partial charge in [-0.2, -0.15) is 5.10 Å². The Morgan fingerprint density at radius 1 is 1.35 bits per heavy atom. The average Bonchev–Trinajstić information content (AvgIpc) is 2.78. The molecular weight excluding hydrogens is 246 g/mol. The van der Waals surface area contributed by atoms with Gasteiger partial charge in [0.1, 0.15) is 0 Å². The molecule has 1 saturated carbocycles. The van der Waals surface area contributed by atoms with E-state index in [1.165, 1.54) is 48.9 Å². The van der Waals surface area contributed by atoms with Gasteiger partial charge in [-0.25, -0.2) is 0 Å². The monoisotopic (exact) mass is 275 g/mol. The van der Waals surface area contributed by atoms with E-state index >= 15 is 0 Å². The Morgan fingerprint density at radius 3 is 2.55 bits per heavy atom. The van der Waals surface area contributed by atoms with Gasteiger partial charge in [0.05, 0.1) is 5.69 Å². The van der Waals surface area contributed by atoms with Gasteiger partial charge in [0.25, 0.3) is 0 Å². The van der Waals surface area contributed by atoms with Gasteiger partial charge in [-0.15, -0.1) is 0 Å².